The van der Waals surface area contributed by atoms with E-state index in [9.17, 15) is 45.3 Å². The number of ether oxygens (including phenoxy) is 4. The van der Waals surface area contributed by atoms with Gasteiger partial charge in [-0.25, -0.2) is 0 Å². The summed E-state index contributed by atoms with van der Waals surface area (Å²) in [5.74, 6) is 0.194. The van der Waals surface area contributed by atoms with Crippen LogP contribution in [-0.4, -0.2) is 129 Å². The van der Waals surface area contributed by atoms with Gasteiger partial charge < -0.3 is 54.7 Å². The van der Waals surface area contributed by atoms with E-state index in [1.165, 1.54) is 0 Å². The van der Waals surface area contributed by atoms with Gasteiger partial charge in [-0.1, -0.05) is 6.92 Å². The second kappa shape index (κ2) is 15.3. The van der Waals surface area contributed by atoms with Gasteiger partial charge in [0.25, 0.3) is 0 Å². The van der Waals surface area contributed by atoms with Crippen LogP contribution < -0.4 is 0 Å². The molecule has 0 aromatic carbocycles. The first-order chi connectivity index (χ1) is 17.1. The van der Waals surface area contributed by atoms with Crippen LogP contribution in [0.15, 0.2) is 0 Å². The highest BCUT2D eigenvalue weighted by Crippen LogP contribution is 2.26. The molecule has 210 valence electrons. The van der Waals surface area contributed by atoms with E-state index in [1.807, 2.05) is 0 Å². The fourth-order valence-corrected chi connectivity index (χ4v) is 4.00. The normalized spacial score (nSPS) is 37.1. The molecule has 10 atom stereocenters. The Balaban J connectivity index is 1.76. The van der Waals surface area contributed by atoms with Crippen molar-refractivity contribution >= 4 is 11.6 Å². The van der Waals surface area contributed by atoms with Crippen molar-refractivity contribution in [2.24, 2.45) is 0 Å². The van der Waals surface area contributed by atoms with Gasteiger partial charge in [0.1, 0.15) is 60.4 Å². The van der Waals surface area contributed by atoms with E-state index < -0.39 is 74.6 Å². The van der Waals surface area contributed by atoms with Crippen molar-refractivity contribution in [3.05, 3.63) is 0 Å². The van der Waals surface area contributed by atoms with Crippen LogP contribution in [0.3, 0.4) is 0 Å². The molecule has 0 aromatic heterocycles. The molecule has 13 nitrogen and oxygen atoms in total. The standard InChI is InChI=1S/C23H40O13/c1-2-12(25)6-3-4-7-13(26)8-5-9-33-22-20(31)19(30)17(28)15(36-22)11-34-23-21(32)18(29)16(27)14(10-24)35-23/h14-24,27-32H,2-11H2,1H3/t14-,15-,16-,17-,18+,19+,20+,21+,22+,23+/m1/s1. The molecular weight excluding hydrogens is 484 g/mol. The summed E-state index contributed by atoms with van der Waals surface area (Å²) in [6.45, 7) is 0.738. The van der Waals surface area contributed by atoms with E-state index in [0.717, 1.165) is 0 Å². The molecule has 0 bridgehead atoms. The topological polar surface area (TPSA) is 213 Å². The Labute approximate surface area is 209 Å². The Kier molecular flexibility index (Phi) is 13.3. The number of aliphatic hydroxyl groups is 7. The fourth-order valence-electron chi connectivity index (χ4n) is 4.00. The smallest absolute Gasteiger partial charge is 0.186 e. The summed E-state index contributed by atoms with van der Waals surface area (Å²) in [7, 11) is 0. The Morgan fingerprint density at radius 3 is 1.75 bits per heavy atom. The van der Waals surface area contributed by atoms with E-state index in [2.05, 4.69) is 0 Å². The van der Waals surface area contributed by atoms with Crippen LogP contribution >= 0.6 is 0 Å². The monoisotopic (exact) mass is 524 g/mol. The number of hydrogen-bond acceptors (Lipinski definition) is 13. The summed E-state index contributed by atoms with van der Waals surface area (Å²) in [6.07, 6.45) is -11.7. The average Bonchev–Trinajstić information content (AvgIpc) is 2.87. The molecular formula is C23H40O13. The third-order valence-electron chi connectivity index (χ3n) is 6.38. The van der Waals surface area contributed by atoms with Gasteiger partial charge in [0.2, 0.25) is 0 Å². The molecule has 0 spiro atoms. The zero-order valence-corrected chi connectivity index (χ0v) is 20.4. The third kappa shape index (κ3) is 8.74. The van der Waals surface area contributed by atoms with Crippen molar-refractivity contribution in [2.75, 3.05) is 19.8 Å². The minimum Gasteiger partial charge on any atom is -0.394 e. The minimum absolute atomic E-state index is 0.0221. The average molecular weight is 525 g/mol. The van der Waals surface area contributed by atoms with Crippen molar-refractivity contribution in [3.8, 4) is 0 Å². The van der Waals surface area contributed by atoms with Gasteiger partial charge >= 0.3 is 0 Å². The number of hydrogen-bond donors (Lipinski definition) is 7. The number of carbonyl (C=O) groups excluding carboxylic acids is 2. The van der Waals surface area contributed by atoms with E-state index >= 15 is 0 Å². The van der Waals surface area contributed by atoms with E-state index in [1.54, 1.807) is 6.92 Å². The first-order valence-corrected chi connectivity index (χ1v) is 12.4. The highest BCUT2D eigenvalue weighted by Gasteiger charge is 2.47. The molecule has 2 rings (SSSR count). The van der Waals surface area contributed by atoms with Gasteiger partial charge in [-0.15, -0.1) is 0 Å². The summed E-state index contributed by atoms with van der Waals surface area (Å²) < 4.78 is 21.6. The summed E-state index contributed by atoms with van der Waals surface area (Å²) in [4.78, 5) is 23.3. The van der Waals surface area contributed by atoms with Crippen LogP contribution in [0, 0.1) is 0 Å². The molecule has 2 saturated heterocycles. The maximum Gasteiger partial charge on any atom is 0.186 e. The molecule has 0 saturated carbocycles. The lowest BCUT2D eigenvalue weighted by Gasteiger charge is -2.42. The Bertz CT molecular complexity index is 674. The number of carbonyl (C=O) groups is 2. The molecule has 7 N–H and O–H groups in total. The van der Waals surface area contributed by atoms with Crippen LogP contribution in [-0.2, 0) is 28.5 Å². The van der Waals surface area contributed by atoms with Crippen molar-refractivity contribution in [1.82, 2.24) is 0 Å². The summed E-state index contributed by atoms with van der Waals surface area (Å²) in [6, 6.07) is 0. The zero-order valence-electron chi connectivity index (χ0n) is 20.4. The van der Waals surface area contributed by atoms with Crippen LogP contribution in [0.1, 0.15) is 51.9 Å². The molecule has 2 aliphatic heterocycles. The van der Waals surface area contributed by atoms with Crippen LogP contribution in [0.2, 0.25) is 0 Å². The maximum absolute atomic E-state index is 12.0. The lowest BCUT2D eigenvalue weighted by Crippen LogP contribution is -2.61. The van der Waals surface area contributed by atoms with E-state index in [-0.39, 0.29) is 24.6 Å². The lowest BCUT2D eigenvalue weighted by atomic mass is 9.98. The van der Waals surface area contributed by atoms with Gasteiger partial charge in [0.05, 0.1) is 19.8 Å². The molecule has 36 heavy (non-hydrogen) atoms. The first kappa shape index (κ1) is 31.1. The maximum atomic E-state index is 12.0. The van der Waals surface area contributed by atoms with Gasteiger partial charge in [-0.2, -0.15) is 0 Å². The quantitative estimate of drug-likeness (QED) is 0.111. The molecule has 0 radical (unpaired) electrons. The highest BCUT2D eigenvalue weighted by molar-refractivity contribution is 5.79. The van der Waals surface area contributed by atoms with Crippen molar-refractivity contribution < 1.29 is 64.3 Å². The molecule has 0 unspecified atom stereocenters. The van der Waals surface area contributed by atoms with E-state index in [0.29, 0.717) is 38.5 Å². The Morgan fingerprint density at radius 1 is 0.667 bits per heavy atom. The SMILES string of the molecule is CCC(=O)CCCCC(=O)CCCO[C@H]1O[C@H](CO[C@H]2O[C@H](CO)[C@@H](O)[C@H](O)[C@@H]2O)[C@@H](O)[C@H](O)[C@@H]1O. The van der Waals surface area contributed by atoms with Gasteiger partial charge in [0, 0.05) is 25.7 Å². The minimum atomic E-state index is -1.66. The number of ketones is 2. The molecule has 13 heteroatoms. The summed E-state index contributed by atoms with van der Waals surface area (Å²) >= 11 is 0. The second-order valence-electron chi connectivity index (χ2n) is 9.16. The second-order valence-corrected chi connectivity index (χ2v) is 9.16. The number of Topliss-reactive ketones (excluding diaryl/α,β-unsaturated/α-hetero) is 2. The van der Waals surface area contributed by atoms with Crippen LogP contribution in [0.4, 0.5) is 0 Å². The summed E-state index contributed by atoms with van der Waals surface area (Å²) in [5.41, 5.74) is 0. The number of rotatable bonds is 15. The number of unbranched alkanes of at least 4 members (excludes halogenated alkanes) is 1. The van der Waals surface area contributed by atoms with Gasteiger partial charge in [0.15, 0.2) is 12.6 Å². The number of aliphatic hydroxyl groups excluding tert-OH is 7. The van der Waals surface area contributed by atoms with Crippen molar-refractivity contribution in [2.45, 2.75) is 113 Å². The van der Waals surface area contributed by atoms with Crippen LogP contribution in [0.5, 0.6) is 0 Å². The molecule has 2 fully saturated rings. The predicted molar refractivity (Wildman–Crippen MR) is 120 cm³/mol. The zero-order chi connectivity index (χ0) is 26.8. The molecule has 2 heterocycles. The lowest BCUT2D eigenvalue weighted by molar-refractivity contribution is -0.331. The largest absolute Gasteiger partial charge is 0.394 e. The predicted octanol–water partition coefficient (Wildman–Crippen LogP) is -2.48. The molecule has 2 aliphatic rings. The Morgan fingerprint density at radius 2 is 1.17 bits per heavy atom. The third-order valence-corrected chi connectivity index (χ3v) is 6.38. The van der Waals surface area contributed by atoms with Gasteiger partial charge in [-0.05, 0) is 19.3 Å². The molecule has 0 aliphatic carbocycles. The van der Waals surface area contributed by atoms with Crippen molar-refractivity contribution in [3.63, 3.8) is 0 Å². The fraction of sp³-hybridized carbons (Fsp3) is 0.913. The Hall–Kier alpha value is -1.10. The van der Waals surface area contributed by atoms with Crippen molar-refractivity contribution in [1.29, 1.82) is 0 Å². The van der Waals surface area contributed by atoms with E-state index in [4.69, 9.17) is 18.9 Å². The van der Waals surface area contributed by atoms with Gasteiger partial charge in [-0.3, -0.25) is 9.59 Å². The summed E-state index contributed by atoms with van der Waals surface area (Å²) in [5, 5.41) is 69.6. The molecule has 0 amide bonds. The first-order valence-electron chi connectivity index (χ1n) is 12.4. The van der Waals surface area contributed by atoms with Crippen LogP contribution in [0.25, 0.3) is 0 Å². The molecule has 0 aromatic rings. The highest BCUT2D eigenvalue weighted by atomic mass is 16.7.